The van der Waals surface area contributed by atoms with Crippen molar-refractivity contribution >= 4 is 5.71 Å². The summed E-state index contributed by atoms with van der Waals surface area (Å²) < 4.78 is 20.0. The molecule has 0 fully saturated rings. The fourth-order valence-corrected chi connectivity index (χ4v) is 3.98. The van der Waals surface area contributed by atoms with Gasteiger partial charge in [-0.2, -0.15) is 0 Å². The van der Waals surface area contributed by atoms with Crippen LogP contribution >= 0.6 is 0 Å². The monoisotopic (exact) mass is 398 g/mol. The fraction of sp³-hybridized carbons (Fsp3) is 0.458. The summed E-state index contributed by atoms with van der Waals surface area (Å²) in [5, 5.41) is 4.26. The smallest absolute Gasteiger partial charge is 0.123 e. The molecule has 0 saturated heterocycles. The van der Waals surface area contributed by atoms with Crippen LogP contribution < -0.4 is 0 Å². The van der Waals surface area contributed by atoms with Gasteiger partial charge in [-0.1, -0.05) is 36.3 Å². The molecule has 0 aromatic heterocycles. The lowest BCUT2D eigenvalue weighted by Gasteiger charge is -2.31. The maximum atomic E-state index is 13.6. The first-order valence-electron chi connectivity index (χ1n) is 10.4. The van der Waals surface area contributed by atoms with Crippen molar-refractivity contribution in [3.63, 3.8) is 0 Å². The Balaban J connectivity index is 1.99. The van der Waals surface area contributed by atoms with Crippen molar-refractivity contribution in [3.8, 4) is 0 Å². The highest BCUT2D eigenvalue weighted by atomic mass is 19.1. The molecule has 1 unspecified atom stereocenters. The first kappa shape index (κ1) is 21.5. The number of fused-ring (bicyclic) bond motifs is 1. The van der Waals surface area contributed by atoms with Gasteiger partial charge in [-0.15, -0.1) is 0 Å². The molecule has 5 heteroatoms. The van der Waals surface area contributed by atoms with Crippen molar-refractivity contribution in [2.24, 2.45) is 5.16 Å². The molecule has 29 heavy (non-hydrogen) atoms. The van der Waals surface area contributed by atoms with Gasteiger partial charge in [0.25, 0.3) is 0 Å². The molecule has 1 atom stereocenters. The molecule has 0 saturated carbocycles. The highest BCUT2D eigenvalue weighted by Gasteiger charge is 2.41. The molecule has 2 aromatic rings. The van der Waals surface area contributed by atoms with Gasteiger partial charge in [0.05, 0.1) is 12.3 Å². The Bertz CT molecular complexity index is 848. The number of halogens is 1. The molecule has 0 aliphatic carbocycles. The summed E-state index contributed by atoms with van der Waals surface area (Å²) >= 11 is 0. The van der Waals surface area contributed by atoms with E-state index in [0.29, 0.717) is 13.2 Å². The molecule has 1 aliphatic rings. The summed E-state index contributed by atoms with van der Waals surface area (Å²) in [6.07, 6.45) is 2.62. The van der Waals surface area contributed by atoms with Gasteiger partial charge in [0, 0.05) is 0 Å². The van der Waals surface area contributed by atoms with Crippen LogP contribution in [0.25, 0.3) is 0 Å². The molecule has 0 bridgehead atoms. The Labute approximate surface area is 173 Å². The minimum Gasteiger partial charge on any atom is -0.396 e. The molecule has 156 valence electrons. The number of benzene rings is 2. The molecular formula is C24H31FN2O2. The lowest BCUT2D eigenvalue weighted by atomic mass is 9.81. The Hall–Kier alpha value is -2.24. The Morgan fingerprint density at radius 1 is 1.17 bits per heavy atom. The van der Waals surface area contributed by atoms with Gasteiger partial charge in [-0.25, -0.2) is 4.39 Å². The van der Waals surface area contributed by atoms with E-state index in [2.05, 4.69) is 49.3 Å². The third kappa shape index (κ3) is 4.68. The standard InChI is InChI=1S/C24H31FN2O2/c1-5-23(26-29-6-2)18-8-13-22-19(16-18)17-28-24(22,14-7-15-27(3)4)20-9-11-21(25)12-10-20/h8-13,16H,5-7,14-15,17H2,1-4H3/b26-23+. The molecule has 1 heterocycles. The molecule has 1 aliphatic heterocycles. The lowest BCUT2D eigenvalue weighted by molar-refractivity contribution is -0.0140. The second kappa shape index (κ2) is 9.51. The maximum absolute atomic E-state index is 13.6. The zero-order valence-electron chi connectivity index (χ0n) is 17.9. The molecule has 0 radical (unpaired) electrons. The third-order valence-electron chi connectivity index (χ3n) is 5.43. The number of rotatable bonds is 9. The van der Waals surface area contributed by atoms with Crippen LogP contribution in [-0.2, 0) is 21.8 Å². The van der Waals surface area contributed by atoms with E-state index in [4.69, 9.17) is 9.57 Å². The van der Waals surface area contributed by atoms with Crippen LogP contribution in [0.15, 0.2) is 47.6 Å². The zero-order chi connectivity index (χ0) is 20.9. The summed E-state index contributed by atoms with van der Waals surface area (Å²) in [4.78, 5) is 7.45. The van der Waals surface area contributed by atoms with Crippen LogP contribution in [0, 0.1) is 5.82 Å². The van der Waals surface area contributed by atoms with Crippen LogP contribution in [0.1, 0.15) is 55.4 Å². The largest absolute Gasteiger partial charge is 0.396 e. The quantitative estimate of drug-likeness (QED) is 0.436. The minimum absolute atomic E-state index is 0.231. The minimum atomic E-state index is -0.541. The predicted molar refractivity (Wildman–Crippen MR) is 115 cm³/mol. The second-order valence-corrected chi connectivity index (χ2v) is 7.71. The van der Waals surface area contributed by atoms with Crippen LogP contribution in [0.3, 0.4) is 0 Å². The van der Waals surface area contributed by atoms with Gasteiger partial charge < -0.3 is 14.5 Å². The Morgan fingerprint density at radius 2 is 1.93 bits per heavy atom. The van der Waals surface area contributed by atoms with E-state index in [0.717, 1.165) is 48.2 Å². The van der Waals surface area contributed by atoms with Gasteiger partial charge in [0.15, 0.2) is 0 Å². The topological polar surface area (TPSA) is 34.1 Å². The van der Waals surface area contributed by atoms with Gasteiger partial charge in [-0.3, -0.25) is 0 Å². The normalized spacial score (nSPS) is 18.9. The van der Waals surface area contributed by atoms with E-state index in [-0.39, 0.29) is 5.82 Å². The predicted octanol–water partition coefficient (Wildman–Crippen LogP) is 5.09. The van der Waals surface area contributed by atoms with Crippen molar-refractivity contribution in [3.05, 3.63) is 70.5 Å². The van der Waals surface area contributed by atoms with E-state index in [1.54, 1.807) is 0 Å². The average molecular weight is 399 g/mol. The number of oxime groups is 1. The van der Waals surface area contributed by atoms with Gasteiger partial charge in [0.1, 0.15) is 18.0 Å². The fourth-order valence-electron chi connectivity index (χ4n) is 3.98. The molecule has 3 rings (SSSR count). The number of hydrogen-bond donors (Lipinski definition) is 0. The first-order valence-corrected chi connectivity index (χ1v) is 10.4. The molecule has 0 spiro atoms. The van der Waals surface area contributed by atoms with Crippen LogP contribution in [-0.4, -0.2) is 37.9 Å². The number of ether oxygens (including phenoxy) is 1. The number of nitrogens with zero attached hydrogens (tertiary/aromatic N) is 2. The first-order chi connectivity index (χ1) is 14.0. The molecular weight excluding hydrogens is 367 g/mol. The molecule has 0 amide bonds. The van der Waals surface area contributed by atoms with Crippen molar-refractivity contribution in [1.82, 2.24) is 4.90 Å². The van der Waals surface area contributed by atoms with Crippen molar-refractivity contribution in [2.45, 2.75) is 45.3 Å². The van der Waals surface area contributed by atoms with E-state index in [1.807, 2.05) is 19.1 Å². The van der Waals surface area contributed by atoms with E-state index < -0.39 is 5.60 Å². The average Bonchev–Trinajstić information content (AvgIpc) is 3.08. The Kier molecular flexibility index (Phi) is 7.04. The van der Waals surface area contributed by atoms with Gasteiger partial charge in [-0.05, 0) is 87.3 Å². The van der Waals surface area contributed by atoms with Crippen molar-refractivity contribution in [1.29, 1.82) is 0 Å². The SMILES string of the molecule is CCO/N=C(\CC)c1ccc2c(c1)COC2(CCCN(C)C)c1ccc(F)cc1. The van der Waals surface area contributed by atoms with E-state index in [1.165, 1.54) is 17.7 Å². The summed E-state index contributed by atoms with van der Waals surface area (Å²) in [6, 6.07) is 13.1. The van der Waals surface area contributed by atoms with Crippen LogP contribution in [0.2, 0.25) is 0 Å². The molecule has 0 N–H and O–H groups in total. The van der Waals surface area contributed by atoms with Crippen LogP contribution in [0.4, 0.5) is 4.39 Å². The van der Waals surface area contributed by atoms with Crippen LogP contribution in [0.5, 0.6) is 0 Å². The third-order valence-corrected chi connectivity index (χ3v) is 5.43. The number of hydrogen-bond acceptors (Lipinski definition) is 4. The molecule has 4 nitrogen and oxygen atoms in total. The zero-order valence-corrected chi connectivity index (χ0v) is 17.9. The Morgan fingerprint density at radius 3 is 2.59 bits per heavy atom. The summed E-state index contributed by atoms with van der Waals surface area (Å²) in [5.41, 5.74) is 4.78. The molecule has 2 aromatic carbocycles. The van der Waals surface area contributed by atoms with Gasteiger partial charge >= 0.3 is 0 Å². The summed E-state index contributed by atoms with van der Waals surface area (Å²) in [6.45, 7) is 6.07. The highest BCUT2D eigenvalue weighted by Crippen LogP contribution is 2.45. The lowest BCUT2D eigenvalue weighted by Crippen LogP contribution is -2.28. The van der Waals surface area contributed by atoms with E-state index >= 15 is 0 Å². The summed E-state index contributed by atoms with van der Waals surface area (Å²) in [5.74, 6) is -0.231. The van der Waals surface area contributed by atoms with Crippen molar-refractivity contribution in [2.75, 3.05) is 27.2 Å². The highest BCUT2D eigenvalue weighted by molar-refractivity contribution is 6.00. The summed E-state index contributed by atoms with van der Waals surface area (Å²) in [7, 11) is 4.15. The maximum Gasteiger partial charge on any atom is 0.123 e. The van der Waals surface area contributed by atoms with Gasteiger partial charge in [0.2, 0.25) is 0 Å². The second-order valence-electron chi connectivity index (χ2n) is 7.71. The van der Waals surface area contributed by atoms with Crippen molar-refractivity contribution < 1.29 is 14.0 Å². The van der Waals surface area contributed by atoms with E-state index in [9.17, 15) is 4.39 Å².